The van der Waals surface area contributed by atoms with E-state index in [0.29, 0.717) is 6.42 Å². The fourth-order valence-electron chi connectivity index (χ4n) is 1.51. The highest BCUT2D eigenvalue weighted by Crippen LogP contribution is 2.55. The van der Waals surface area contributed by atoms with Crippen molar-refractivity contribution < 1.29 is 23.9 Å². The van der Waals surface area contributed by atoms with Crippen molar-refractivity contribution in [3.63, 3.8) is 0 Å². The van der Waals surface area contributed by atoms with Crippen molar-refractivity contribution in [2.24, 2.45) is 0 Å². The second-order valence-corrected chi connectivity index (χ2v) is 5.72. The average molecular weight is 252 g/mol. The zero-order chi connectivity index (χ0) is 12.8. The summed E-state index contributed by atoms with van der Waals surface area (Å²) in [7, 11) is -4.49. The van der Waals surface area contributed by atoms with E-state index in [1.165, 1.54) is 0 Å². The third kappa shape index (κ3) is 3.30. The molecule has 0 saturated carbocycles. The maximum atomic E-state index is 11.7. The Hall–Kier alpha value is -0.380. The van der Waals surface area contributed by atoms with E-state index in [1.807, 2.05) is 6.92 Å². The van der Waals surface area contributed by atoms with E-state index >= 15 is 0 Å². The third-order valence-electron chi connectivity index (χ3n) is 2.84. The van der Waals surface area contributed by atoms with Gasteiger partial charge < -0.3 is 14.5 Å². The molecule has 0 atom stereocenters. The second kappa shape index (κ2) is 6.38. The first kappa shape index (κ1) is 15.6. The molecule has 0 radical (unpaired) electrons. The van der Waals surface area contributed by atoms with Crippen LogP contribution in [0, 0.1) is 0 Å². The summed E-state index contributed by atoms with van der Waals surface area (Å²) in [4.78, 5) is 30.3. The van der Waals surface area contributed by atoms with Crippen LogP contribution in [0.5, 0.6) is 0 Å². The predicted octanol–water partition coefficient (Wildman–Crippen LogP) is 2.07. The van der Waals surface area contributed by atoms with Gasteiger partial charge >= 0.3 is 13.6 Å². The Morgan fingerprint density at radius 1 is 1.25 bits per heavy atom. The van der Waals surface area contributed by atoms with Gasteiger partial charge in [0.2, 0.25) is 0 Å². The van der Waals surface area contributed by atoms with Gasteiger partial charge in [0.05, 0.1) is 6.61 Å². The number of ether oxygens (including phenoxy) is 1. The van der Waals surface area contributed by atoms with E-state index in [2.05, 4.69) is 0 Å². The molecule has 0 aliphatic rings. The molecule has 0 aromatic heterocycles. The Morgan fingerprint density at radius 2 is 1.75 bits per heavy atom. The first-order valence-corrected chi connectivity index (χ1v) is 7.19. The molecule has 0 saturated heterocycles. The maximum Gasteiger partial charge on any atom is 0.342 e. The number of esters is 1. The summed E-state index contributed by atoms with van der Waals surface area (Å²) in [5, 5.41) is -1.67. The number of carbonyl (C=O) groups is 1. The van der Waals surface area contributed by atoms with E-state index in [4.69, 9.17) is 4.74 Å². The van der Waals surface area contributed by atoms with E-state index in [-0.39, 0.29) is 19.4 Å². The normalized spacial score (nSPS) is 12.6. The van der Waals surface area contributed by atoms with Crippen molar-refractivity contribution in [1.29, 1.82) is 0 Å². The molecule has 16 heavy (non-hydrogen) atoms. The van der Waals surface area contributed by atoms with Gasteiger partial charge in [-0.25, -0.2) is 0 Å². The lowest BCUT2D eigenvalue weighted by atomic mass is 10.0. The first-order chi connectivity index (χ1) is 7.35. The number of hydrogen-bond acceptors (Lipinski definition) is 3. The quantitative estimate of drug-likeness (QED) is 0.411. The first-order valence-electron chi connectivity index (χ1n) is 5.58. The fourth-order valence-corrected chi connectivity index (χ4v) is 2.64. The van der Waals surface area contributed by atoms with Crippen molar-refractivity contribution in [2.45, 2.75) is 51.6 Å². The molecule has 0 fully saturated rings. The minimum absolute atomic E-state index is 0.0821. The van der Waals surface area contributed by atoms with Crippen molar-refractivity contribution in [3.8, 4) is 0 Å². The smallest absolute Gasteiger partial charge is 0.342 e. The van der Waals surface area contributed by atoms with Crippen LogP contribution in [0.4, 0.5) is 0 Å². The van der Waals surface area contributed by atoms with Crippen molar-refractivity contribution in [1.82, 2.24) is 0 Å². The Morgan fingerprint density at radius 3 is 2.06 bits per heavy atom. The Kier molecular flexibility index (Phi) is 6.23. The molecule has 6 heteroatoms. The number of unbranched alkanes of at least 4 members (excludes halogenated alkanes) is 1. The van der Waals surface area contributed by atoms with Gasteiger partial charge in [0.25, 0.3) is 0 Å². The van der Waals surface area contributed by atoms with Crippen LogP contribution in [0.2, 0.25) is 0 Å². The van der Waals surface area contributed by atoms with Crippen LogP contribution in [0.1, 0.15) is 46.5 Å². The molecular weight excluding hydrogens is 231 g/mol. The monoisotopic (exact) mass is 252 g/mol. The molecular formula is C10H21O5P. The van der Waals surface area contributed by atoms with Gasteiger partial charge in [-0.15, -0.1) is 0 Å². The lowest BCUT2D eigenvalue weighted by molar-refractivity contribution is -0.147. The highest BCUT2D eigenvalue weighted by Gasteiger charge is 2.51. The molecule has 0 unspecified atom stereocenters. The summed E-state index contributed by atoms with van der Waals surface area (Å²) < 4.78 is 16.3. The standard InChI is InChI=1S/C10H21O5P/c1-4-7-8-15-9(11)10(5-2,6-3)16(12,13)14/h4-8H2,1-3H3,(H2,12,13,14). The summed E-state index contributed by atoms with van der Waals surface area (Å²) in [5.74, 6) is -0.778. The molecule has 96 valence electrons. The zero-order valence-electron chi connectivity index (χ0n) is 10.1. The van der Waals surface area contributed by atoms with Gasteiger partial charge in [0.1, 0.15) is 0 Å². The van der Waals surface area contributed by atoms with Crippen molar-refractivity contribution in [3.05, 3.63) is 0 Å². The van der Waals surface area contributed by atoms with Crippen LogP contribution in [0.15, 0.2) is 0 Å². The molecule has 0 aromatic carbocycles. The molecule has 0 aliphatic heterocycles. The molecule has 0 heterocycles. The van der Waals surface area contributed by atoms with Gasteiger partial charge in [-0.2, -0.15) is 0 Å². The Bertz CT molecular complexity index is 266. The number of rotatable bonds is 7. The van der Waals surface area contributed by atoms with Gasteiger partial charge in [0, 0.05) is 0 Å². The molecule has 0 aromatic rings. The molecule has 5 nitrogen and oxygen atoms in total. The van der Waals surface area contributed by atoms with Crippen molar-refractivity contribution >= 4 is 13.6 Å². The minimum Gasteiger partial charge on any atom is -0.465 e. The summed E-state index contributed by atoms with van der Waals surface area (Å²) in [5.41, 5.74) is 0. The lowest BCUT2D eigenvalue weighted by Gasteiger charge is -2.29. The fraction of sp³-hybridized carbons (Fsp3) is 0.900. The summed E-state index contributed by atoms with van der Waals surface area (Å²) >= 11 is 0. The highest BCUT2D eigenvalue weighted by molar-refractivity contribution is 7.54. The molecule has 0 spiro atoms. The number of carbonyl (C=O) groups excluding carboxylic acids is 1. The van der Waals surface area contributed by atoms with Gasteiger partial charge in [-0.3, -0.25) is 9.36 Å². The van der Waals surface area contributed by atoms with Crippen LogP contribution < -0.4 is 0 Å². The van der Waals surface area contributed by atoms with Crippen LogP contribution >= 0.6 is 7.60 Å². The van der Waals surface area contributed by atoms with Gasteiger partial charge in [-0.1, -0.05) is 27.2 Å². The number of hydrogen-bond donors (Lipinski definition) is 2. The lowest BCUT2D eigenvalue weighted by Crippen LogP contribution is -2.39. The van der Waals surface area contributed by atoms with Crippen LogP contribution in [-0.2, 0) is 14.1 Å². The highest BCUT2D eigenvalue weighted by atomic mass is 31.2. The second-order valence-electron chi connectivity index (χ2n) is 3.77. The van der Waals surface area contributed by atoms with Crippen LogP contribution in [0.25, 0.3) is 0 Å². The van der Waals surface area contributed by atoms with Gasteiger partial charge in [-0.05, 0) is 19.3 Å². The molecule has 0 aliphatic carbocycles. The van der Waals surface area contributed by atoms with Crippen LogP contribution in [0.3, 0.4) is 0 Å². The van der Waals surface area contributed by atoms with E-state index in [0.717, 1.165) is 6.42 Å². The zero-order valence-corrected chi connectivity index (χ0v) is 11.0. The largest absolute Gasteiger partial charge is 0.465 e. The van der Waals surface area contributed by atoms with Gasteiger partial charge in [0.15, 0.2) is 5.16 Å². The third-order valence-corrected chi connectivity index (χ3v) is 4.77. The predicted molar refractivity (Wildman–Crippen MR) is 61.2 cm³/mol. The van der Waals surface area contributed by atoms with Crippen LogP contribution in [-0.4, -0.2) is 27.5 Å². The van der Waals surface area contributed by atoms with E-state index in [9.17, 15) is 19.1 Å². The summed E-state index contributed by atoms with van der Waals surface area (Å²) in [6.45, 7) is 5.34. The van der Waals surface area contributed by atoms with E-state index in [1.54, 1.807) is 13.8 Å². The SMILES string of the molecule is CCCCOC(=O)C(CC)(CC)P(=O)(O)O. The van der Waals surface area contributed by atoms with Crippen molar-refractivity contribution in [2.75, 3.05) is 6.61 Å². The topological polar surface area (TPSA) is 83.8 Å². The molecule has 2 N–H and O–H groups in total. The average Bonchev–Trinajstić information content (AvgIpc) is 2.18. The Balaban J connectivity index is 4.78. The molecule has 0 amide bonds. The summed E-state index contributed by atoms with van der Waals surface area (Å²) in [6, 6.07) is 0. The summed E-state index contributed by atoms with van der Waals surface area (Å²) in [6.07, 6.45) is 1.74. The van der Waals surface area contributed by atoms with E-state index < -0.39 is 18.7 Å². The molecule has 0 rings (SSSR count). The Labute approximate surface area is 96.4 Å². The molecule has 0 bridgehead atoms. The minimum atomic E-state index is -4.49. The maximum absolute atomic E-state index is 11.7.